The van der Waals surface area contributed by atoms with E-state index in [-0.39, 0.29) is 47.9 Å². The van der Waals surface area contributed by atoms with Gasteiger partial charge in [-0.25, -0.2) is 23.1 Å². The van der Waals surface area contributed by atoms with E-state index in [2.05, 4.69) is 46.7 Å². The van der Waals surface area contributed by atoms with E-state index < -0.39 is 24.1 Å². The molecule has 0 spiro atoms. The van der Waals surface area contributed by atoms with Crippen LogP contribution in [0.4, 0.5) is 30.8 Å². The van der Waals surface area contributed by atoms with Crippen LogP contribution in [0.2, 0.25) is 0 Å². The monoisotopic (exact) mass is 864 g/mol. The van der Waals surface area contributed by atoms with E-state index >= 15 is 0 Å². The highest BCUT2D eigenvalue weighted by Crippen LogP contribution is 2.43. The van der Waals surface area contributed by atoms with Crippen molar-refractivity contribution in [1.29, 1.82) is 0 Å². The molecule has 6 fully saturated rings. The zero-order chi connectivity index (χ0) is 42.8. The number of amides is 4. The lowest BCUT2D eigenvalue weighted by Gasteiger charge is -2.42. The Morgan fingerprint density at radius 2 is 1.81 bits per heavy atom. The van der Waals surface area contributed by atoms with Crippen molar-refractivity contribution >= 4 is 51.5 Å². The predicted molar refractivity (Wildman–Crippen MR) is 227 cm³/mol. The van der Waals surface area contributed by atoms with E-state index in [9.17, 15) is 23.2 Å². The second-order valence-corrected chi connectivity index (χ2v) is 17.9. The molecule has 2 aliphatic carbocycles. The molecule has 19 heteroatoms. The van der Waals surface area contributed by atoms with Gasteiger partial charge in [0.25, 0.3) is 12.3 Å². The average Bonchev–Trinajstić information content (AvgIpc) is 4.10. The fraction of sp³-hybridized carbons (Fsp3) is 0.523. The third kappa shape index (κ3) is 7.78. The van der Waals surface area contributed by atoms with Crippen LogP contribution in [0.15, 0.2) is 55.2 Å². The zero-order valence-electron chi connectivity index (χ0n) is 34.8. The van der Waals surface area contributed by atoms with Crippen molar-refractivity contribution in [2.45, 2.75) is 88.0 Å². The summed E-state index contributed by atoms with van der Waals surface area (Å²) in [5.74, 6) is 0.751. The summed E-state index contributed by atoms with van der Waals surface area (Å²) in [7, 11) is 0. The number of nitrogens with zero attached hydrogens (tertiary/aromatic N) is 10. The maximum atomic E-state index is 14.3. The molecule has 2 bridgehead atoms. The second-order valence-electron chi connectivity index (χ2n) is 17.9. The minimum absolute atomic E-state index is 0.00370. The van der Waals surface area contributed by atoms with Gasteiger partial charge in [-0.2, -0.15) is 15.3 Å². The Bertz CT molecular complexity index is 2550. The number of urea groups is 1. The Kier molecular flexibility index (Phi) is 10.5. The summed E-state index contributed by atoms with van der Waals surface area (Å²) < 4.78 is 37.5. The molecular weight excluding hydrogens is 815 g/mol. The minimum atomic E-state index is -2.85. The summed E-state index contributed by atoms with van der Waals surface area (Å²) in [6, 6.07) is 7.84. The van der Waals surface area contributed by atoms with Gasteiger partial charge in [0.2, 0.25) is 5.91 Å². The van der Waals surface area contributed by atoms with Gasteiger partial charge in [0.15, 0.2) is 11.3 Å². The van der Waals surface area contributed by atoms with Crippen LogP contribution in [0.3, 0.4) is 0 Å². The highest BCUT2D eigenvalue weighted by molar-refractivity contribution is 6.10. The van der Waals surface area contributed by atoms with Gasteiger partial charge in [0.05, 0.1) is 54.7 Å². The first-order valence-electron chi connectivity index (χ1n) is 22.2. The number of carbonyl (C=O) groups excluding carboxylic acids is 3. The Morgan fingerprint density at radius 3 is 2.57 bits per heavy atom. The Hall–Kier alpha value is -5.63. The quantitative estimate of drug-likeness (QED) is 0.176. The molecule has 8 heterocycles. The van der Waals surface area contributed by atoms with Gasteiger partial charge in [0, 0.05) is 81.6 Å². The molecule has 4 amide bonds. The molecule has 5 aromatic rings. The lowest BCUT2D eigenvalue weighted by Crippen LogP contribution is -2.50. The first kappa shape index (κ1) is 40.2. The average molecular weight is 865 g/mol. The predicted octanol–water partition coefficient (Wildman–Crippen LogP) is 5.31. The third-order valence-electron chi connectivity index (χ3n) is 14.0. The summed E-state index contributed by atoms with van der Waals surface area (Å²) in [5, 5.41) is 17.8. The van der Waals surface area contributed by atoms with E-state index in [4.69, 9.17) is 14.6 Å². The van der Waals surface area contributed by atoms with E-state index in [1.54, 1.807) is 28.2 Å². The summed E-state index contributed by atoms with van der Waals surface area (Å²) in [6.07, 6.45) is 12.4. The molecule has 4 saturated heterocycles. The number of carbonyl (C=O) groups is 3. The molecule has 63 heavy (non-hydrogen) atoms. The molecule has 4 aromatic heterocycles. The number of hydrogen-bond donors (Lipinski definition) is 2. The first-order valence-corrected chi connectivity index (χ1v) is 22.2. The molecule has 11 rings (SSSR count). The summed E-state index contributed by atoms with van der Waals surface area (Å²) >= 11 is 0. The van der Waals surface area contributed by atoms with Crippen LogP contribution < -0.4 is 20.4 Å². The summed E-state index contributed by atoms with van der Waals surface area (Å²) in [4.78, 5) is 59.8. The van der Waals surface area contributed by atoms with Gasteiger partial charge < -0.3 is 19.9 Å². The molecule has 2 atom stereocenters. The normalized spacial score (nSPS) is 26.8. The number of nitrogens with one attached hydrogen (secondary N) is 2. The number of hydroxylamine groups is 2. The highest BCUT2D eigenvalue weighted by atomic mass is 19.3. The van der Waals surface area contributed by atoms with Gasteiger partial charge in [-0.05, 0) is 68.4 Å². The van der Waals surface area contributed by atoms with Crippen molar-refractivity contribution in [3.05, 3.63) is 72.1 Å². The number of rotatable bonds is 11. The third-order valence-corrected chi connectivity index (χ3v) is 14.0. The number of anilines is 3. The second kappa shape index (κ2) is 16.5. The summed E-state index contributed by atoms with van der Waals surface area (Å²) in [6.45, 7) is 6.21. The van der Waals surface area contributed by atoms with E-state index in [1.165, 1.54) is 16.3 Å². The minimum Gasteiger partial charge on any atom is -0.374 e. The molecule has 4 aliphatic heterocycles. The lowest BCUT2D eigenvalue weighted by molar-refractivity contribution is -0.232. The highest BCUT2D eigenvalue weighted by Gasteiger charge is 2.40. The van der Waals surface area contributed by atoms with Crippen molar-refractivity contribution in [2.24, 2.45) is 5.92 Å². The van der Waals surface area contributed by atoms with Crippen LogP contribution in [-0.2, 0) is 14.4 Å². The molecule has 17 nitrogen and oxygen atoms in total. The van der Waals surface area contributed by atoms with Crippen LogP contribution in [0.25, 0.3) is 16.4 Å². The van der Waals surface area contributed by atoms with E-state index in [0.29, 0.717) is 36.3 Å². The maximum absolute atomic E-state index is 14.3. The number of aromatic nitrogens is 6. The topological polar surface area (TPSA) is 168 Å². The molecule has 0 radical (unpaired) electrons. The molecule has 6 aliphatic rings. The fourth-order valence-corrected chi connectivity index (χ4v) is 10.6. The number of halogens is 2. The van der Waals surface area contributed by atoms with Crippen molar-refractivity contribution in [1.82, 2.24) is 44.6 Å². The number of fused-ring (bicyclic) bond motifs is 4. The zero-order valence-corrected chi connectivity index (χ0v) is 34.8. The number of alkyl halides is 2. The Labute approximate surface area is 361 Å². The maximum Gasteiger partial charge on any atom is 0.328 e. The number of piperazine rings is 1. The number of hydrogen-bond acceptors (Lipinski definition) is 12. The van der Waals surface area contributed by atoms with Gasteiger partial charge in [0.1, 0.15) is 11.4 Å². The largest absolute Gasteiger partial charge is 0.374 e. The van der Waals surface area contributed by atoms with E-state index in [1.807, 2.05) is 24.4 Å². The van der Waals surface area contributed by atoms with Gasteiger partial charge in [-0.3, -0.25) is 34.3 Å². The lowest BCUT2D eigenvalue weighted by atomic mass is 9.76. The first-order chi connectivity index (χ1) is 30.7. The van der Waals surface area contributed by atoms with Crippen molar-refractivity contribution in [3.63, 3.8) is 0 Å². The Balaban J connectivity index is 0.647. The number of imide groups is 1. The molecule has 330 valence electrons. The van der Waals surface area contributed by atoms with Gasteiger partial charge in [-0.15, -0.1) is 0 Å². The van der Waals surface area contributed by atoms with Crippen molar-refractivity contribution in [2.75, 3.05) is 67.5 Å². The molecule has 1 aromatic carbocycles. The SMILES string of the molecule is O=C1CCN(c2cncc3c(C4CC(ON5CCN(CC6CCC(n7cc(NC(=O)c8cnn9ccc(N%10C[C@H]%11C[C@@H]%10CO%11)nc89)c(C(F)F)n7)CC6)CC5)C4)cccc23)C(=O)N1. The van der Waals surface area contributed by atoms with Crippen LogP contribution in [0.1, 0.15) is 91.4 Å². The van der Waals surface area contributed by atoms with Crippen LogP contribution in [-0.4, -0.2) is 128 Å². The van der Waals surface area contributed by atoms with Gasteiger partial charge >= 0.3 is 6.03 Å². The number of benzene rings is 1. The standard InChI is InChI=1S/C44H50F2N12O5/c45-41(46)40-36(49-43(60)35-20-48-57-11-8-38(50-42(35)57)56-23-31-18-29(56)25-62-31)24-58(52-40)28-6-4-26(5-7-28)22-53-12-14-54(15-13-53)63-30-16-27(17-30)32-2-1-3-33-34(32)19-47-21-37(33)55-10-9-39(59)51-44(55)61/h1-3,8,11,19-21,24,26-31,41H,4-7,9-10,12-18,22-23,25H2,(H,49,60)(H,51,59,61)/t26?,27?,28?,29-,30?,31-/m1/s1. The summed E-state index contributed by atoms with van der Waals surface area (Å²) in [5.41, 5.74) is 2.04. The smallest absolute Gasteiger partial charge is 0.328 e. The van der Waals surface area contributed by atoms with E-state index in [0.717, 1.165) is 101 Å². The van der Waals surface area contributed by atoms with Gasteiger partial charge in [-0.1, -0.05) is 18.2 Å². The number of ether oxygens (including phenoxy) is 1. The molecular formula is C44H50F2N12O5. The van der Waals surface area contributed by atoms with Crippen LogP contribution >= 0.6 is 0 Å². The number of morpholine rings is 1. The molecule has 2 saturated carbocycles. The Morgan fingerprint density at radius 1 is 0.968 bits per heavy atom. The number of pyridine rings is 1. The van der Waals surface area contributed by atoms with Crippen molar-refractivity contribution < 1.29 is 32.7 Å². The van der Waals surface area contributed by atoms with Crippen LogP contribution in [0, 0.1) is 5.92 Å². The van der Waals surface area contributed by atoms with Crippen LogP contribution in [0.5, 0.6) is 0 Å². The fourth-order valence-electron chi connectivity index (χ4n) is 10.6. The van der Waals surface area contributed by atoms with Crippen molar-refractivity contribution in [3.8, 4) is 0 Å². The molecule has 2 N–H and O–H groups in total. The molecule has 0 unspecified atom stereocenters.